The van der Waals surface area contributed by atoms with E-state index in [4.69, 9.17) is 9.05 Å². The maximum absolute atomic E-state index is 11.6. The second-order valence-electron chi connectivity index (χ2n) is 2.44. The maximum Gasteiger partial charge on any atom is 0.454 e. The second-order valence-corrected chi connectivity index (χ2v) is 7.00. The summed E-state index contributed by atoms with van der Waals surface area (Å²) in [6.07, 6.45) is 0. The fourth-order valence-electron chi connectivity index (χ4n) is 0.737. The van der Waals surface area contributed by atoms with Gasteiger partial charge >= 0.3 is 7.75 Å². The molecule has 0 aliphatic carbocycles. The van der Waals surface area contributed by atoms with Gasteiger partial charge in [0.15, 0.2) is 0 Å². The van der Waals surface area contributed by atoms with E-state index in [9.17, 15) is 4.57 Å². The van der Waals surface area contributed by atoms with Gasteiger partial charge < -0.3 is 0 Å². The zero-order chi connectivity index (χ0) is 9.90. The van der Waals surface area contributed by atoms with Crippen LogP contribution in [0.25, 0.3) is 0 Å². The molecule has 13 heavy (non-hydrogen) atoms. The molecule has 0 aromatic heterocycles. The van der Waals surface area contributed by atoms with Crippen molar-refractivity contribution in [3.05, 3.63) is 0 Å². The fraction of sp³-hybridized carbons (Fsp3) is 0.833. The quantitative estimate of drug-likeness (QED) is 0.711. The molecular weight excluding hydrogens is 229 g/mol. The molecule has 1 saturated heterocycles. The van der Waals surface area contributed by atoms with Gasteiger partial charge in [0.25, 0.3) is 0 Å². The Balaban J connectivity index is 2.69. The molecule has 1 aliphatic heterocycles. The molecule has 0 N–H and O–H groups in total. The fourth-order valence-corrected chi connectivity index (χ4v) is 4.44. The van der Waals surface area contributed by atoms with Crippen molar-refractivity contribution in [3.8, 4) is 0 Å². The molecule has 76 valence electrons. The predicted octanol–water partition coefficient (Wildman–Crippen LogP) is 2.61. The van der Waals surface area contributed by atoms with Crippen LogP contribution in [0.4, 0.5) is 0 Å². The molecule has 0 radical (unpaired) electrons. The molecule has 1 fully saturated rings. The first-order chi connectivity index (χ1) is 6.09. The van der Waals surface area contributed by atoms with Gasteiger partial charge in [-0.1, -0.05) is 30.4 Å². The number of hydrogen-bond acceptors (Lipinski definition) is 5. The number of rotatable bonds is 3. The summed E-state index contributed by atoms with van der Waals surface area (Å²) in [6.45, 7) is 2.10. The van der Waals surface area contributed by atoms with E-state index < -0.39 is 7.75 Å². The molecule has 0 amide bonds. The Kier molecular flexibility index (Phi) is 4.32. The van der Waals surface area contributed by atoms with Crippen molar-refractivity contribution in [2.24, 2.45) is 4.76 Å². The summed E-state index contributed by atoms with van der Waals surface area (Å²) in [6, 6.07) is 0. The first kappa shape index (κ1) is 11.6. The minimum atomic E-state index is -3.21. The summed E-state index contributed by atoms with van der Waals surface area (Å²) in [5.41, 5.74) is 0. The van der Waals surface area contributed by atoms with E-state index in [0.29, 0.717) is 5.25 Å². The van der Waals surface area contributed by atoms with Crippen LogP contribution in [-0.4, -0.2) is 29.6 Å². The van der Waals surface area contributed by atoms with Crippen molar-refractivity contribution in [2.45, 2.75) is 12.2 Å². The van der Waals surface area contributed by atoms with Crippen molar-refractivity contribution in [1.29, 1.82) is 0 Å². The summed E-state index contributed by atoms with van der Waals surface area (Å²) in [5.74, 6) is 0.997. The molecule has 1 rings (SSSR count). The summed E-state index contributed by atoms with van der Waals surface area (Å²) < 4.78 is 25.7. The molecule has 0 saturated carbocycles. The van der Waals surface area contributed by atoms with Gasteiger partial charge in [0.05, 0.1) is 0 Å². The predicted molar refractivity (Wildman–Crippen MR) is 58.6 cm³/mol. The van der Waals surface area contributed by atoms with Crippen LogP contribution in [0, 0.1) is 0 Å². The van der Waals surface area contributed by atoms with Crippen LogP contribution in [-0.2, 0) is 13.6 Å². The van der Waals surface area contributed by atoms with Gasteiger partial charge in [0, 0.05) is 25.2 Å². The van der Waals surface area contributed by atoms with Crippen molar-refractivity contribution < 1.29 is 13.6 Å². The zero-order valence-electron chi connectivity index (χ0n) is 7.72. The summed E-state index contributed by atoms with van der Waals surface area (Å²) in [7, 11) is -0.540. The molecule has 1 atom stereocenters. The molecule has 1 aliphatic rings. The lowest BCUT2D eigenvalue weighted by Gasteiger charge is -2.07. The van der Waals surface area contributed by atoms with Crippen LogP contribution in [0.15, 0.2) is 4.76 Å². The summed E-state index contributed by atoms with van der Waals surface area (Å²) >= 11 is 3.19. The van der Waals surface area contributed by atoms with Gasteiger partial charge in [-0.05, 0) is 0 Å². The Morgan fingerprint density at radius 1 is 1.54 bits per heavy atom. The average Bonchev–Trinajstić information content (AvgIpc) is 2.51. The lowest BCUT2D eigenvalue weighted by Crippen LogP contribution is -1.90. The van der Waals surface area contributed by atoms with E-state index >= 15 is 0 Å². The highest BCUT2D eigenvalue weighted by Crippen LogP contribution is 2.51. The van der Waals surface area contributed by atoms with Crippen LogP contribution in [0.2, 0.25) is 0 Å². The molecule has 0 bridgehead atoms. The van der Waals surface area contributed by atoms with Gasteiger partial charge in [-0.15, -0.1) is 0 Å². The number of nitrogens with zero attached hydrogens (tertiary/aromatic N) is 1. The van der Waals surface area contributed by atoms with E-state index in [1.54, 1.807) is 23.5 Å². The zero-order valence-corrected chi connectivity index (χ0v) is 10.2. The first-order valence-electron chi connectivity index (χ1n) is 3.71. The van der Waals surface area contributed by atoms with Gasteiger partial charge in [-0.2, -0.15) is 4.76 Å². The molecule has 1 heterocycles. The first-order valence-corrected chi connectivity index (χ1v) is 7.07. The Morgan fingerprint density at radius 3 is 2.54 bits per heavy atom. The molecule has 0 aromatic rings. The standard InChI is InChI=1S/C6H12NO3PS2/c1-5-4-12-6(13-5)7-11(8,9-2)10-3/h5H,4H2,1-3H3/b7-6-. The molecule has 0 aromatic carbocycles. The van der Waals surface area contributed by atoms with Crippen LogP contribution < -0.4 is 0 Å². The van der Waals surface area contributed by atoms with Crippen molar-refractivity contribution in [2.75, 3.05) is 20.0 Å². The lowest BCUT2D eigenvalue weighted by molar-refractivity contribution is 0.277. The highest BCUT2D eigenvalue weighted by Gasteiger charge is 2.25. The lowest BCUT2D eigenvalue weighted by atomic mass is 10.6. The van der Waals surface area contributed by atoms with Gasteiger partial charge in [-0.3, -0.25) is 9.05 Å². The topological polar surface area (TPSA) is 47.9 Å². The van der Waals surface area contributed by atoms with Crippen LogP contribution in [0.3, 0.4) is 0 Å². The van der Waals surface area contributed by atoms with Crippen LogP contribution >= 0.6 is 31.3 Å². The maximum atomic E-state index is 11.6. The summed E-state index contributed by atoms with van der Waals surface area (Å²) in [5, 5.41) is 0.519. The highest BCUT2D eigenvalue weighted by molar-refractivity contribution is 8.42. The van der Waals surface area contributed by atoms with Gasteiger partial charge in [0.2, 0.25) is 0 Å². The highest BCUT2D eigenvalue weighted by atomic mass is 32.2. The minimum absolute atomic E-state index is 0.519. The smallest absolute Gasteiger partial charge is 0.294 e. The van der Waals surface area contributed by atoms with Crippen molar-refractivity contribution in [3.63, 3.8) is 0 Å². The molecule has 7 heteroatoms. The molecule has 4 nitrogen and oxygen atoms in total. The number of hydrogen-bond donors (Lipinski definition) is 0. The molecular formula is C6H12NO3PS2. The van der Waals surface area contributed by atoms with Crippen LogP contribution in [0.5, 0.6) is 0 Å². The van der Waals surface area contributed by atoms with E-state index in [1.165, 1.54) is 14.2 Å². The van der Waals surface area contributed by atoms with Gasteiger partial charge in [-0.25, -0.2) is 4.57 Å². The Labute approximate surface area is 86.4 Å². The Hall–Kier alpha value is 0.520. The summed E-state index contributed by atoms with van der Waals surface area (Å²) in [4.78, 5) is 0. The SMILES string of the molecule is COP(=O)(/N=C1/SCC(C)S1)OC. The monoisotopic (exact) mass is 241 g/mol. The Morgan fingerprint density at radius 2 is 2.15 bits per heavy atom. The van der Waals surface area contributed by atoms with Gasteiger partial charge in [0.1, 0.15) is 4.38 Å². The molecule has 0 spiro atoms. The van der Waals surface area contributed by atoms with Crippen LogP contribution in [0.1, 0.15) is 6.92 Å². The van der Waals surface area contributed by atoms with E-state index in [2.05, 4.69) is 11.7 Å². The van der Waals surface area contributed by atoms with E-state index in [-0.39, 0.29) is 0 Å². The third-order valence-electron chi connectivity index (χ3n) is 1.41. The average molecular weight is 241 g/mol. The van der Waals surface area contributed by atoms with Crippen molar-refractivity contribution >= 4 is 35.6 Å². The van der Waals surface area contributed by atoms with Crippen molar-refractivity contribution in [1.82, 2.24) is 0 Å². The number of thioether (sulfide) groups is 2. The third kappa shape index (κ3) is 3.29. The van der Waals surface area contributed by atoms with E-state index in [0.717, 1.165) is 10.1 Å². The largest absolute Gasteiger partial charge is 0.454 e. The Bertz CT molecular complexity index is 250. The molecule has 1 unspecified atom stereocenters. The normalized spacial score (nSPS) is 27.0. The third-order valence-corrected chi connectivity index (χ3v) is 5.77. The second kappa shape index (κ2) is 4.84. The van der Waals surface area contributed by atoms with E-state index in [1.807, 2.05) is 0 Å². The minimum Gasteiger partial charge on any atom is -0.294 e.